The number of benzene rings is 5. The number of aliphatic hydroxyl groups is 1. The Morgan fingerprint density at radius 3 is 1.76 bits per heavy atom. The van der Waals surface area contributed by atoms with Crippen LogP contribution in [-0.4, -0.2) is 16.7 Å². The number of aryl methyl sites for hydroxylation is 2. The molecule has 0 aliphatic carbocycles. The van der Waals surface area contributed by atoms with E-state index >= 15 is 0 Å². The quantitative estimate of drug-likeness (QED) is 0.141. The van der Waals surface area contributed by atoms with Gasteiger partial charge < -0.3 is 14.6 Å². The van der Waals surface area contributed by atoms with Gasteiger partial charge in [-0.15, -0.1) is 0 Å². The molecule has 0 radical (unpaired) electrons. The van der Waals surface area contributed by atoms with Crippen LogP contribution in [0, 0.1) is 13.8 Å². The Balaban J connectivity index is 1.13. The lowest BCUT2D eigenvalue weighted by molar-refractivity contribution is -0.00571. The van der Waals surface area contributed by atoms with Crippen molar-refractivity contribution >= 4 is 0 Å². The Hall–Kier alpha value is -5.03. The highest BCUT2D eigenvalue weighted by Gasteiger charge is 2.37. The first-order valence-corrected chi connectivity index (χ1v) is 15.8. The molecule has 1 heterocycles. The van der Waals surface area contributed by atoms with Crippen LogP contribution in [0.2, 0.25) is 0 Å². The number of nitrogens with zero attached hydrogens (tertiary/aromatic N) is 1. The number of aliphatic hydroxyl groups excluding tert-OH is 1. The molecule has 4 heteroatoms. The third kappa shape index (κ3) is 6.79. The van der Waals surface area contributed by atoms with E-state index in [0.29, 0.717) is 25.5 Å². The summed E-state index contributed by atoms with van der Waals surface area (Å²) < 4.78 is 12.9. The lowest BCUT2D eigenvalue weighted by atomic mass is 9.80. The topological polar surface area (TPSA) is 51.6 Å². The predicted octanol–water partition coefficient (Wildman–Crippen LogP) is 9.38. The maximum absolute atomic E-state index is 11.2. The van der Waals surface area contributed by atoms with E-state index in [1.165, 1.54) is 22.3 Å². The Labute approximate surface area is 272 Å². The number of pyridine rings is 1. The summed E-state index contributed by atoms with van der Waals surface area (Å²) in [6.07, 6.45) is 1.35. The highest BCUT2D eigenvalue weighted by atomic mass is 16.5. The number of hydrogen-bond donors (Lipinski definition) is 1. The van der Waals surface area contributed by atoms with Gasteiger partial charge in [-0.2, -0.15) is 0 Å². The van der Waals surface area contributed by atoms with E-state index in [1.807, 2.05) is 66.7 Å². The van der Waals surface area contributed by atoms with E-state index < -0.39 is 11.7 Å². The van der Waals surface area contributed by atoms with Crippen molar-refractivity contribution in [1.82, 2.24) is 4.98 Å². The molecule has 1 unspecified atom stereocenters. The fraction of sp³-hybridized carbons (Fsp3) is 0.167. The van der Waals surface area contributed by atoms with Crippen molar-refractivity contribution < 1.29 is 14.6 Å². The molecule has 46 heavy (non-hydrogen) atoms. The Bertz CT molecular complexity index is 1720. The van der Waals surface area contributed by atoms with Gasteiger partial charge in [-0.1, -0.05) is 127 Å². The zero-order chi connectivity index (χ0) is 31.8. The van der Waals surface area contributed by atoms with Crippen LogP contribution in [0.1, 0.15) is 51.5 Å². The van der Waals surface area contributed by atoms with Crippen LogP contribution in [0.5, 0.6) is 5.88 Å². The molecule has 4 nitrogen and oxygen atoms in total. The van der Waals surface area contributed by atoms with Gasteiger partial charge in [0.1, 0.15) is 12.2 Å². The van der Waals surface area contributed by atoms with E-state index in [2.05, 4.69) is 97.7 Å². The van der Waals surface area contributed by atoms with Crippen LogP contribution in [0.15, 0.2) is 152 Å². The molecule has 0 fully saturated rings. The third-order valence-electron chi connectivity index (χ3n) is 8.48. The monoisotopic (exact) mass is 605 g/mol. The molecular formula is C42H39NO3. The second-order valence-corrected chi connectivity index (χ2v) is 11.6. The van der Waals surface area contributed by atoms with Crippen molar-refractivity contribution in [2.24, 2.45) is 0 Å². The van der Waals surface area contributed by atoms with Crippen molar-refractivity contribution in [3.63, 3.8) is 0 Å². The van der Waals surface area contributed by atoms with Gasteiger partial charge in [-0.25, -0.2) is 4.98 Å². The van der Waals surface area contributed by atoms with Gasteiger partial charge in [-0.05, 0) is 76.1 Å². The molecule has 0 amide bonds. The Kier molecular flexibility index (Phi) is 9.68. The molecule has 6 rings (SSSR count). The van der Waals surface area contributed by atoms with E-state index in [0.717, 1.165) is 27.8 Å². The van der Waals surface area contributed by atoms with Gasteiger partial charge in [0.15, 0.2) is 0 Å². The maximum atomic E-state index is 11.2. The van der Waals surface area contributed by atoms with Crippen molar-refractivity contribution in [2.45, 2.75) is 38.6 Å². The van der Waals surface area contributed by atoms with Crippen molar-refractivity contribution in [3.8, 4) is 17.0 Å². The summed E-state index contributed by atoms with van der Waals surface area (Å²) in [4.78, 5) is 4.50. The first kappa shape index (κ1) is 31.0. The summed E-state index contributed by atoms with van der Waals surface area (Å²) in [7, 11) is 0. The molecule has 0 aliphatic rings. The van der Waals surface area contributed by atoms with Crippen LogP contribution in [-0.2, 0) is 16.9 Å². The smallest absolute Gasteiger partial charge is 0.213 e. The highest BCUT2D eigenvalue weighted by molar-refractivity contribution is 5.71. The van der Waals surface area contributed by atoms with Gasteiger partial charge in [0, 0.05) is 18.7 Å². The number of rotatable bonds is 12. The van der Waals surface area contributed by atoms with Crippen LogP contribution >= 0.6 is 0 Å². The number of ether oxygens (including phenoxy) is 2. The van der Waals surface area contributed by atoms with Crippen LogP contribution in [0.4, 0.5) is 0 Å². The van der Waals surface area contributed by atoms with Crippen molar-refractivity contribution in [2.75, 3.05) is 6.61 Å². The molecule has 1 aromatic heterocycles. The molecule has 230 valence electrons. The second kappa shape index (κ2) is 14.4. The molecule has 0 bridgehead atoms. The zero-order valence-corrected chi connectivity index (χ0v) is 26.3. The average Bonchev–Trinajstić information content (AvgIpc) is 3.11. The van der Waals surface area contributed by atoms with Crippen LogP contribution in [0.3, 0.4) is 0 Å². The van der Waals surface area contributed by atoms with Gasteiger partial charge in [0.25, 0.3) is 0 Å². The van der Waals surface area contributed by atoms with E-state index in [9.17, 15) is 5.11 Å². The molecule has 0 aliphatic heterocycles. The summed E-state index contributed by atoms with van der Waals surface area (Å²) in [5.41, 5.74) is 9.02. The van der Waals surface area contributed by atoms with Gasteiger partial charge in [0.05, 0.1) is 12.7 Å². The minimum Gasteiger partial charge on any atom is -0.473 e. The normalized spacial score (nSPS) is 12.1. The summed E-state index contributed by atoms with van der Waals surface area (Å²) in [6.45, 7) is 5.02. The summed E-state index contributed by atoms with van der Waals surface area (Å²) in [5.74, 6) is 0.515. The molecule has 0 spiro atoms. The number of aromatic nitrogens is 1. The van der Waals surface area contributed by atoms with Gasteiger partial charge in [0.2, 0.25) is 5.88 Å². The standard InChI is InChI=1S/C42H39NO3/c1-31-14-12-15-32(2)41(31)34-17-13-16-33(28-34)30-45-40-25-24-35(29-43-40)39(44)26-27-46-42(36-18-6-3-7-19-36,37-20-8-4-9-21-37)38-22-10-5-11-23-38/h3-25,28-29,39,44H,26-27,30H2,1-2H3. The third-order valence-corrected chi connectivity index (χ3v) is 8.48. The SMILES string of the molecule is Cc1cccc(C)c1-c1cccc(COc2ccc(C(O)CCOC(c3ccccc3)(c3ccccc3)c3ccccc3)cn2)c1. The number of hydrogen-bond acceptors (Lipinski definition) is 4. The Morgan fingerprint density at radius 2 is 1.22 bits per heavy atom. The first-order valence-electron chi connectivity index (χ1n) is 15.8. The van der Waals surface area contributed by atoms with E-state index in [-0.39, 0.29) is 0 Å². The average molecular weight is 606 g/mol. The molecular weight excluding hydrogens is 566 g/mol. The predicted molar refractivity (Wildman–Crippen MR) is 185 cm³/mol. The highest BCUT2D eigenvalue weighted by Crippen LogP contribution is 2.41. The molecule has 1 atom stereocenters. The van der Waals surface area contributed by atoms with Crippen LogP contribution in [0.25, 0.3) is 11.1 Å². The minimum absolute atomic E-state index is 0.328. The maximum Gasteiger partial charge on any atom is 0.213 e. The lowest BCUT2D eigenvalue weighted by Crippen LogP contribution is -2.33. The summed E-state index contributed by atoms with van der Waals surface area (Å²) in [6, 6.07) is 49.3. The molecule has 0 saturated carbocycles. The second-order valence-electron chi connectivity index (χ2n) is 11.6. The summed E-state index contributed by atoms with van der Waals surface area (Å²) >= 11 is 0. The molecule has 5 aromatic carbocycles. The first-order chi connectivity index (χ1) is 22.5. The molecule has 0 saturated heterocycles. The zero-order valence-electron chi connectivity index (χ0n) is 26.3. The fourth-order valence-corrected chi connectivity index (χ4v) is 6.18. The van der Waals surface area contributed by atoms with Crippen molar-refractivity contribution in [1.29, 1.82) is 0 Å². The molecule has 1 N–H and O–H groups in total. The largest absolute Gasteiger partial charge is 0.473 e. The fourth-order valence-electron chi connectivity index (χ4n) is 6.18. The van der Waals surface area contributed by atoms with Crippen molar-refractivity contribution in [3.05, 3.63) is 191 Å². The molecule has 6 aromatic rings. The Morgan fingerprint density at radius 1 is 0.652 bits per heavy atom. The van der Waals surface area contributed by atoms with Gasteiger partial charge >= 0.3 is 0 Å². The minimum atomic E-state index is -0.825. The van der Waals surface area contributed by atoms with E-state index in [4.69, 9.17) is 9.47 Å². The summed E-state index contributed by atoms with van der Waals surface area (Å²) in [5, 5.41) is 11.2. The lowest BCUT2D eigenvalue weighted by Gasteiger charge is -2.36. The van der Waals surface area contributed by atoms with E-state index in [1.54, 1.807) is 6.20 Å². The van der Waals surface area contributed by atoms with Crippen LogP contribution < -0.4 is 4.74 Å². The van der Waals surface area contributed by atoms with Gasteiger partial charge in [-0.3, -0.25) is 0 Å².